The Morgan fingerprint density at radius 3 is 2.43 bits per heavy atom. The van der Waals surface area contributed by atoms with E-state index in [0.29, 0.717) is 5.56 Å². The molecule has 1 aliphatic rings. The van der Waals surface area contributed by atoms with Gasteiger partial charge in [-0.05, 0) is 30.9 Å². The van der Waals surface area contributed by atoms with E-state index in [1.54, 1.807) is 11.8 Å². The maximum absolute atomic E-state index is 12.1. The van der Waals surface area contributed by atoms with E-state index in [-0.39, 0.29) is 11.2 Å². The number of thioether (sulfide) groups is 1. The third-order valence-electron chi connectivity index (χ3n) is 3.87. The number of hydrogen-bond donors (Lipinski definition) is 0. The van der Waals surface area contributed by atoms with E-state index in [1.807, 2.05) is 42.3 Å². The molecule has 1 saturated heterocycles. The van der Waals surface area contributed by atoms with Crippen LogP contribution in [-0.4, -0.2) is 53.4 Å². The molecule has 1 atom stereocenters. The van der Waals surface area contributed by atoms with Crippen LogP contribution in [-0.2, 0) is 11.3 Å². The molecular formula is C16H21N3OS. The number of nitrogens with zero attached hydrogens (tertiary/aromatic N) is 3. The summed E-state index contributed by atoms with van der Waals surface area (Å²) in [4.78, 5) is 16.4. The average Bonchev–Trinajstić information content (AvgIpc) is 2.55. The van der Waals surface area contributed by atoms with Crippen molar-refractivity contribution in [2.24, 2.45) is 0 Å². The quantitative estimate of drug-likeness (QED) is 0.853. The summed E-state index contributed by atoms with van der Waals surface area (Å²) in [6.07, 6.45) is 1.98. The van der Waals surface area contributed by atoms with Crippen molar-refractivity contribution in [1.29, 1.82) is 5.26 Å². The standard InChI is InChI=1S/C16H21N3OS/c1-13(21-2)16(20)19-9-7-18(8-10-19)12-15-5-3-14(11-17)4-6-15/h3-6,13H,7-10,12H2,1-2H3. The molecule has 1 fully saturated rings. The Bertz CT molecular complexity index is 515. The van der Waals surface area contributed by atoms with E-state index in [1.165, 1.54) is 5.56 Å². The predicted octanol–water partition coefficient (Wildman–Crippen LogP) is 1.95. The minimum Gasteiger partial charge on any atom is -0.339 e. The second-order valence-electron chi connectivity index (χ2n) is 5.29. The highest BCUT2D eigenvalue weighted by Crippen LogP contribution is 2.13. The smallest absolute Gasteiger partial charge is 0.235 e. The van der Waals surface area contributed by atoms with Gasteiger partial charge in [0.15, 0.2) is 0 Å². The zero-order valence-electron chi connectivity index (χ0n) is 12.6. The molecule has 0 saturated carbocycles. The lowest BCUT2D eigenvalue weighted by molar-refractivity contribution is -0.132. The van der Waals surface area contributed by atoms with Crippen LogP contribution in [0.1, 0.15) is 18.1 Å². The number of hydrogen-bond acceptors (Lipinski definition) is 4. The monoisotopic (exact) mass is 303 g/mol. The first-order valence-corrected chi connectivity index (χ1v) is 8.46. The summed E-state index contributed by atoms with van der Waals surface area (Å²) in [7, 11) is 0. The van der Waals surface area contributed by atoms with Gasteiger partial charge in [0.2, 0.25) is 5.91 Å². The zero-order valence-corrected chi connectivity index (χ0v) is 13.4. The van der Waals surface area contributed by atoms with Crippen LogP contribution in [0.15, 0.2) is 24.3 Å². The fraction of sp³-hybridized carbons (Fsp3) is 0.500. The summed E-state index contributed by atoms with van der Waals surface area (Å²) in [6.45, 7) is 6.28. The first-order chi connectivity index (χ1) is 10.1. The van der Waals surface area contributed by atoms with Crippen LogP contribution in [0.2, 0.25) is 0 Å². The molecule has 5 heteroatoms. The molecule has 1 aliphatic heterocycles. The van der Waals surface area contributed by atoms with Crippen LogP contribution in [0.25, 0.3) is 0 Å². The fourth-order valence-corrected chi connectivity index (χ4v) is 2.78. The molecule has 0 aromatic heterocycles. The van der Waals surface area contributed by atoms with Crippen molar-refractivity contribution >= 4 is 17.7 Å². The maximum atomic E-state index is 12.1. The molecule has 0 spiro atoms. The van der Waals surface area contributed by atoms with E-state index in [2.05, 4.69) is 11.0 Å². The summed E-state index contributed by atoms with van der Waals surface area (Å²) in [5.74, 6) is 0.250. The molecule has 0 bridgehead atoms. The maximum Gasteiger partial charge on any atom is 0.235 e. The number of carbonyl (C=O) groups is 1. The van der Waals surface area contributed by atoms with Gasteiger partial charge in [-0.2, -0.15) is 17.0 Å². The molecule has 1 aromatic carbocycles. The van der Waals surface area contributed by atoms with Crippen LogP contribution in [0, 0.1) is 11.3 Å². The first kappa shape index (κ1) is 15.9. The van der Waals surface area contributed by atoms with Gasteiger partial charge in [0.25, 0.3) is 0 Å². The number of nitriles is 1. The number of rotatable bonds is 4. The molecule has 21 heavy (non-hydrogen) atoms. The number of benzene rings is 1. The molecule has 0 N–H and O–H groups in total. The van der Waals surface area contributed by atoms with Crippen molar-refractivity contribution in [2.45, 2.75) is 18.7 Å². The van der Waals surface area contributed by atoms with Gasteiger partial charge in [-0.3, -0.25) is 9.69 Å². The van der Waals surface area contributed by atoms with Crippen molar-refractivity contribution in [3.63, 3.8) is 0 Å². The molecule has 4 nitrogen and oxygen atoms in total. The second-order valence-corrected chi connectivity index (χ2v) is 6.47. The van der Waals surface area contributed by atoms with E-state index >= 15 is 0 Å². The summed E-state index contributed by atoms with van der Waals surface area (Å²) < 4.78 is 0. The summed E-state index contributed by atoms with van der Waals surface area (Å²) >= 11 is 1.60. The number of amides is 1. The SMILES string of the molecule is CSC(C)C(=O)N1CCN(Cc2ccc(C#N)cc2)CC1. The average molecular weight is 303 g/mol. The Morgan fingerprint density at radius 2 is 1.90 bits per heavy atom. The van der Waals surface area contributed by atoms with Crippen LogP contribution in [0.5, 0.6) is 0 Å². The van der Waals surface area contributed by atoms with Crippen LogP contribution in [0.4, 0.5) is 0 Å². The van der Waals surface area contributed by atoms with Crippen LogP contribution >= 0.6 is 11.8 Å². The zero-order chi connectivity index (χ0) is 15.2. The number of piperazine rings is 1. The Labute approximate surface area is 130 Å². The molecule has 0 radical (unpaired) electrons. The van der Waals surface area contributed by atoms with Crippen molar-refractivity contribution in [2.75, 3.05) is 32.4 Å². The van der Waals surface area contributed by atoms with E-state index < -0.39 is 0 Å². The molecule has 112 valence electrons. The van der Waals surface area contributed by atoms with Gasteiger partial charge in [-0.1, -0.05) is 12.1 Å². The van der Waals surface area contributed by atoms with Gasteiger partial charge < -0.3 is 4.90 Å². The van der Waals surface area contributed by atoms with E-state index in [0.717, 1.165) is 32.7 Å². The number of carbonyl (C=O) groups excluding carboxylic acids is 1. The van der Waals surface area contributed by atoms with Gasteiger partial charge >= 0.3 is 0 Å². The van der Waals surface area contributed by atoms with Crippen LogP contribution < -0.4 is 0 Å². The molecular weight excluding hydrogens is 282 g/mol. The summed E-state index contributed by atoms with van der Waals surface area (Å²) in [5, 5.41) is 8.85. The molecule has 1 amide bonds. The highest BCUT2D eigenvalue weighted by atomic mass is 32.2. The van der Waals surface area contributed by atoms with E-state index in [4.69, 9.17) is 5.26 Å². The Kier molecular flexibility index (Phi) is 5.66. The Hall–Kier alpha value is -1.51. The van der Waals surface area contributed by atoms with Crippen LogP contribution in [0.3, 0.4) is 0 Å². The van der Waals surface area contributed by atoms with Crippen molar-refractivity contribution < 1.29 is 4.79 Å². The molecule has 1 aromatic rings. The van der Waals surface area contributed by atoms with Crippen molar-refractivity contribution in [3.05, 3.63) is 35.4 Å². The molecule has 0 aliphatic carbocycles. The molecule has 2 rings (SSSR count). The van der Waals surface area contributed by atoms with Gasteiger partial charge in [-0.25, -0.2) is 0 Å². The normalized spacial score (nSPS) is 17.3. The minimum atomic E-state index is 0.0510. The summed E-state index contributed by atoms with van der Waals surface area (Å²) in [5.41, 5.74) is 1.91. The lowest BCUT2D eigenvalue weighted by atomic mass is 10.1. The van der Waals surface area contributed by atoms with E-state index in [9.17, 15) is 4.79 Å². The highest BCUT2D eigenvalue weighted by Gasteiger charge is 2.24. The Morgan fingerprint density at radius 1 is 1.29 bits per heavy atom. The summed E-state index contributed by atoms with van der Waals surface area (Å²) in [6, 6.07) is 9.86. The van der Waals surface area contributed by atoms with Gasteiger partial charge in [0, 0.05) is 32.7 Å². The van der Waals surface area contributed by atoms with Crippen molar-refractivity contribution in [1.82, 2.24) is 9.80 Å². The lowest BCUT2D eigenvalue weighted by Crippen LogP contribution is -2.50. The highest BCUT2D eigenvalue weighted by molar-refractivity contribution is 7.99. The predicted molar refractivity (Wildman–Crippen MR) is 86.0 cm³/mol. The minimum absolute atomic E-state index is 0.0510. The van der Waals surface area contributed by atoms with Gasteiger partial charge in [-0.15, -0.1) is 0 Å². The third-order valence-corrected chi connectivity index (χ3v) is 4.78. The first-order valence-electron chi connectivity index (χ1n) is 7.17. The van der Waals surface area contributed by atoms with Gasteiger partial charge in [0.1, 0.15) is 0 Å². The molecule has 1 heterocycles. The molecule has 1 unspecified atom stereocenters. The topological polar surface area (TPSA) is 47.3 Å². The lowest BCUT2D eigenvalue weighted by Gasteiger charge is -2.35. The second kappa shape index (κ2) is 7.48. The van der Waals surface area contributed by atoms with Gasteiger partial charge in [0.05, 0.1) is 16.9 Å². The van der Waals surface area contributed by atoms with Crippen molar-refractivity contribution in [3.8, 4) is 6.07 Å². The largest absolute Gasteiger partial charge is 0.339 e. The fourth-order valence-electron chi connectivity index (χ4n) is 2.43. The third kappa shape index (κ3) is 4.23. The Balaban J connectivity index is 1.84.